The summed E-state index contributed by atoms with van der Waals surface area (Å²) >= 11 is 0. The molecule has 1 aliphatic rings. The van der Waals surface area contributed by atoms with E-state index in [4.69, 9.17) is 15.7 Å². The summed E-state index contributed by atoms with van der Waals surface area (Å²) in [5.74, 6) is 0. The topological polar surface area (TPSA) is 71.1 Å². The lowest BCUT2D eigenvalue weighted by molar-refractivity contribution is 0.0540. The van der Waals surface area contributed by atoms with Gasteiger partial charge in [0, 0.05) is 6.61 Å². The minimum absolute atomic E-state index is 0.0689. The Labute approximate surface area is 101 Å². The highest BCUT2D eigenvalue weighted by atomic mass is 16.5. The first-order valence-electron chi connectivity index (χ1n) is 5.78. The van der Waals surface area contributed by atoms with Crippen LogP contribution in [0.15, 0.2) is 18.2 Å². The summed E-state index contributed by atoms with van der Waals surface area (Å²) in [4.78, 5) is 0. The Balaban J connectivity index is 2.15. The Morgan fingerprint density at radius 3 is 2.94 bits per heavy atom. The molecule has 0 amide bonds. The molecule has 1 aromatic rings. The molecule has 1 heterocycles. The summed E-state index contributed by atoms with van der Waals surface area (Å²) in [5, 5.41) is 12.2. The average molecular weight is 231 g/mol. The monoisotopic (exact) mass is 231 g/mol. The Bertz CT molecular complexity index is 444. The molecule has 3 N–H and O–H groups in total. The standard InChI is InChI=1S/C13H17N3O/c1-13(5-2-6-17-9-13)16-12-4-3-10(8-14)7-11(12)15/h3-4,7,16H,2,5-6,9,15H2,1H3. The lowest BCUT2D eigenvalue weighted by Gasteiger charge is -2.35. The van der Waals surface area contributed by atoms with Crippen molar-refractivity contribution in [1.29, 1.82) is 5.26 Å². The van der Waals surface area contributed by atoms with Crippen molar-refractivity contribution in [1.82, 2.24) is 0 Å². The Morgan fingerprint density at radius 2 is 2.35 bits per heavy atom. The highest BCUT2D eigenvalue weighted by Crippen LogP contribution is 2.28. The van der Waals surface area contributed by atoms with Crippen LogP contribution in [-0.2, 0) is 4.74 Å². The van der Waals surface area contributed by atoms with Gasteiger partial charge in [0.25, 0.3) is 0 Å². The number of hydrogen-bond acceptors (Lipinski definition) is 4. The smallest absolute Gasteiger partial charge is 0.0992 e. The van der Waals surface area contributed by atoms with Crippen LogP contribution in [0.2, 0.25) is 0 Å². The lowest BCUT2D eigenvalue weighted by atomic mass is 9.94. The van der Waals surface area contributed by atoms with E-state index >= 15 is 0 Å². The number of nitrogens with zero attached hydrogens (tertiary/aromatic N) is 1. The molecule has 2 rings (SSSR count). The molecule has 1 aliphatic heterocycles. The van der Waals surface area contributed by atoms with E-state index in [0.717, 1.165) is 25.1 Å². The van der Waals surface area contributed by atoms with Crippen LogP contribution >= 0.6 is 0 Å². The number of nitriles is 1. The molecule has 1 saturated heterocycles. The zero-order chi connectivity index (χ0) is 12.3. The van der Waals surface area contributed by atoms with Gasteiger partial charge in [-0.25, -0.2) is 0 Å². The number of anilines is 2. The van der Waals surface area contributed by atoms with Gasteiger partial charge >= 0.3 is 0 Å². The van der Waals surface area contributed by atoms with Crippen LogP contribution in [0, 0.1) is 11.3 Å². The van der Waals surface area contributed by atoms with Crippen LogP contribution < -0.4 is 11.1 Å². The third kappa shape index (κ3) is 2.69. The number of ether oxygens (including phenoxy) is 1. The van der Waals surface area contributed by atoms with Gasteiger partial charge < -0.3 is 15.8 Å². The third-order valence-electron chi connectivity index (χ3n) is 3.05. The molecule has 1 unspecified atom stereocenters. The minimum atomic E-state index is -0.0689. The van der Waals surface area contributed by atoms with E-state index in [0.29, 0.717) is 17.9 Å². The number of hydrogen-bond donors (Lipinski definition) is 2. The molecule has 0 aliphatic carbocycles. The van der Waals surface area contributed by atoms with E-state index in [1.54, 1.807) is 12.1 Å². The highest BCUT2D eigenvalue weighted by Gasteiger charge is 2.27. The summed E-state index contributed by atoms with van der Waals surface area (Å²) in [6.45, 7) is 3.65. The van der Waals surface area contributed by atoms with Crippen molar-refractivity contribution >= 4 is 11.4 Å². The first-order valence-corrected chi connectivity index (χ1v) is 5.78. The zero-order valence-electron chi connectivity index (χ0n) is 9.99. The second kappa shape index (κ2) is 4.64. The van der Waals surface area contributed by atoms with Crippen LogP contribution in [0.3, 0.4) is 0 Å². The Hall–Kier alpha value is -1.73. The van der Waals surface area contributed by atoms with Gasteiger partial charge in [0.15, 0.2) is 0 Å². The van der Waals surface area contributed by atoms with Crippen molar-refractivity contribution < 1.29 is 4.74 Å². The fraction of sp³-hybridized carbons (Fsp3) is 0.462. The number of benzene rings is 1. The van der Waals surface area contributed by atoms with E-state index < -0.39 is 0 Å². The normalized spacial score (nSPS) is 24.0. The molecule has 1 fully saturated rings. The first-order chi connectivity index (χ1) is 8.13. The van der Waals surface area contributed by atoms with Crippen molar-refractivity contribution in [3.05, 3.63) is 23.8 Å². The predicted molar refractivity (Wildman–Crippen MR) is 67.7 cm³/mol. The molecule has 1 aromatic carbocycles. The van der Waals surface area contributed by atoms with Crippen molar-refractivity contribution in [3.8, 4) is 6.07 Å². The van der Waals surface area contributed by atoms with E-state index in [2.05, 4.69) is 18.3 Å². The van der Waals surface area contributed by atoms with Crippen molar-refractivity contribution in [2.45, 2.75) is 25.3 Å². The van der Waals surface area contributed by atoms with Crippen molar-refractivity contribution in [2.75, 3.05) is 24.3 Å². The van der Waals surface area contributed by atoms with Crippen molar-refractivity contribution in [2.24, 2.45) is 0 Å². The number of nitrogens with two attached hydrogens (primary N) is 1. The SMILES string of the molecule is CC1(Nc2ccc(C#N)cc2N)CCCOC1. The van der Waals surface area contributed by atoms with Crippen LogP contribution in [-0.4, -0.2) is 18.8 Å². The number of nitrogens with one attached hydrogen (secondary N) is 1. The fourth-order valence-corrected chi connectivity index (χ4v) is 2.10. The van der Waals surface area contributed by atoms with Gasteiger partial charge in [0.05, 0.1) is 35.2 Å². The molecule has 0 spiro atoms. The number of nitrogen functional groups attached to an aromatic ring is 1. The minimum Gasteiger partial charge on any atom is -0.397 e. The molecular weight excluding hydrogens is 214 g/mol. The summed E-state index contributed by atoms with van der Waals surface area (Å²) in [6, 6.07) is 7.39. The van der Waals surface area contributed by atoms with E-state index in [1.165, 1.54) is 0 Å². The molecule has 90 valence electrons. The second-order valence-corrected chi connectivity index (χ2v) is 4.76. The summed E-state index contributed by atoms with van der Waals surface area (Å²) in [7, 11) is 0. The fourth-order valence-electron chi connectivity index (χ4n) is 2.10. The second-order valence-electron chi connectivity index (χ2n) is 4.76. The van der Waals surface area contributed by atoms with Gasteiger partial charge in [0.1, 0.15) is 0 Å². The maximum absolute atomic E-state index is 8.78. The van der Waals surface area contributed by atoms with Gasteiger partial charge in [0.2, 0.25) is 0 Å². The molecule has 17 heavy (non-hydrogen) atoms. The van der Waals surface area contributed by atoms with E-state index in [1.807, 2.05) is 6.07 Å². The quantitative estimate of drug-likeness (QED) is 0.765. The average Bonchev–Trinajstić information content (AvgIpc) is 2.32. The molecular formula is C13H17N3O. The Kier molecular flexibility index (Phi) is 3.21. The first kappa shape index (κ1) is 11.7. The predicted octanol–water partition coefficient (Wildman–Crippen LogP) is 2.12. The van der Waals surface area contributed by atoms with Gasteiger partial charge in [-0.15, -0.1) is 0 Å². The van der Waals surface area contributed by atoms with Crippen LogP contribution in [0.1, 0.15) is 25.3 Å². The summed E-state index contributed by atoms with van der Waals surface area (Å²) in [5.41, 5.74) is 7.91. The van der Waals surface area contributed by atoms with Gasteiger partial charge in [-0.2, -0.15) is 5.26 Å². The van der Waals surface area contributed by atoms with Gasteiger partial charge in [-0.1, -0.05) is 0 Å². The van der Waals surface area contributed by atoms with E-state index in [-0.39, 0.29) is 5.54 Å². The molecule has 0 aromatic heterocycles. The molecule has 0 bridgehead atoms. The van der Waals surface area contributed by atoms with Crippen LogP contribution in [0.25, 0.3) is 0 Å². The van der Waals surface area contributed by atoms with Crippen LogP contribution in [0.4, 0.5) is 11.4 Å². The Morgan fingerprint density at radius 1 is 1.53 bits per heavy atom. The van der Waals surface area contributed by atoms with E-state index in [9.17, 15) is 0 Å². The molecule has 1 atom stereocenters. The lowest BCUT2D eigenvalue weighted by Crippen LogP contribution is -2.43. The van der Waals surface area contributed by atoms with Gasteiger partial charge in [-0.05, 0) is 38.0 Å². The highest BCUT2D eigenvalue weighted by molar-refractivity contribution is 5.69. The molecule has 4 nitrogen and oxygen atoms in total. The third-order valence-corrected chi connectivity index (χ3v) is 3.05. The van der Waals surface area contributed by atoms with Gasteiger partial charge in [-0.3, -0.25) is 0 Å². The molecule has 0 saturated carbocycles. The largest absolute Gasteiger partial charge is 0.397 e. The molecule has 0 radical (unpaired) electrons. The maximum atomic E-state index is 8.78. The summed E-state index contributed by atoms with van der Waals surface area (Å²) in [6.07, 6.45) is 2.12. The summed E-state index contributed by atoms with van der Waals surface area (Å²) < 4.78 is 5.49. The number of rotatable bonds is 2. The van der Waals surface area contributed by atoms with Crippen molar-refractivity contribution in [3.63, 3.8) is 0 Å². The maximum Gasteiger partial charge on any atom is 0.0992 e. The van der Waals surface area contributed by atoms with Crippen LogP contribution in [0.5, 0.6) is 0 Å². The molecule has 4 heteroatoms. The zero-order valence-corrected chi connectivity index (χ0v) is 9.99.